The Morgan fingerprint density at radius 2 is 1.92 bits per heavy atom. The fourth-order valence-electron chi connectivity index (χ4n) is 2.80. The van der Waals surface area contributed by atoms with Crippen LogP contribution in [0.5, 0.6) is 5.75 Å². The minimum Gasteiger partial charge on any atom is -0.497 e. The Morgan fingerprint density at radius 3 is 2.44 bits per heavy atom. The smallest absolute Gasteiger partial charge is 0.243 e. The summed E-state index contributed by atoms with van der Waals surface area (Å²) in [6.45, 7) is 7.07. The SMILES string of the molecule is C=CCN(CC(=O)N1CCC(C)CC1)S(=O)(=O)c1ccc(OC)cc1. The molecule has 1 fully saturated rings. The molecule has 1 amide bonds. The van der Waals surface area contributed by atoms with Gasteiger partial charge in [0.25, 0.3) is 0 Å². The maximum Gasteiger partial charge on any atom is 0.243 e. The lowest BCUT2D eigenvalue weighted by atomic mass is 9.99. The molecule has 0 atom stereocenters. The van der Waals surface area contributed by atoms with Gasteiger partial charge in [0.15, 0.2) is 0 Å². The van der Waals surface area contributed by atoms with Crippen molar-refractivity contribution in [1.29, 1.82) is 0 Å². The van der Waals surface area contributed by atoms with Crippen molar-refractivity contribution in [3.05, 3.63) is 36.9 Å². The van der Waals surface area contributed by atoms with E-state index >= 15 is 0 Å². The van der Waals surface area contributed by atoms with E-state index in [0.29, 0.717) is 24.8 Å². The van der Waals surface area contributed by atoms with E-state index in [1.807, 2.05) is 0 Å². The Labute approximate surface area is 150 Å². The number of ether oxygens (including phenoxy) is 1. The molecule has 0 aliphatic carbocycles. The number of carbonyl (C=O) groups is 1. The second-order valence-electron chi connectivity index (χ2n) is 6.33. The fourth-order valence-corrected chi connectivity index (χ4v) is 4.16. The highest BCUT2D eigenvalue weighted by molar-refractivity contribution is 7.89. The van der Waals surface area contributed by atoms with Gasteiger partial charge in [0, 0.05) is 19.6 Å². The summed E-state index contributed by atoms with van der Waals surface area (Å²) in [5.41, 5.74) is 0. The molecule has 6 nitrogen and oxygen atoms in total. The van der Waals surface area contributed by atoms with Gasteiger partial charge >= 0.3 is 0 Å². The van der Waals surface area contributed by atoms with Crippen LogP contribution in [0.3, 0.4) is 0 Å². The standard InChI is InChI=1S/C18H26N2O4S/c1-4-11-20(14-18(21)19-12-9-15(2)10-13-19)25(22,23)17-7-5-16(24-3)6-8-17/h4-8,15H,1,9-14H2,2-3H3. The highest BCUT2D eigenvalue weighted by atomic mass is 32.2. The van der Waals surface area contributed by atoms with Crippen LogP contribution in [0.25, 0.3) is 0 Å². The first-order valence-corrected chi connectivity index (χ1v) is 9.85. The second-order valence-corrected chi connectivity index (χ2v) is 8.26. The summed E-state index contributed by atoms with van der Waals surface area (Å²) in [4.78, 5) is 14.4. The monoisotopic (exact) mass is 366 g/mol. The normalized spacial score (nSPS) is 16.0. The van der Waals surface area contributed by atoms with Crippen molar-refractivity contribution in [2.24, 2.45) is 5.92 Å². The summed E-state index contributed by atoms with van der Waals surface area (Å²) in [7, 11) is -2.25. The van der Waals surface area contributed by atoms with Gasteiger partial charge in [0.05, 0.1) is 18.6 Å². The van der Waals surface area contributed by atoms with Crippen molar-refractivity contribution in [1.82, 2.24) is 9.21 Å². The van der Waals surface area contributed by atoms with Crippen molar-refractivity contribution >= 4 is 15.9 Å². The molecule has 0 bridgehead atoms. The molecular weight excluding hydrogens is 340 g/mol. The molecule has 0 spiro atoms. The summed E-state index contributed by atoms with van der Waals surface area (Å²) in [6, 6.07) is 6.15. The van der Waals surface area contributed by atoms with Crippen LogP contribution >= 0.6 is 0 Å². The van der Waals surface area contributed by atoms with Gasteiger partial charge in [-0.25, -0.2) is 8.42 Å². The largest absolute Gasteiger partial charge is 0.497 e. The predicted molar refractivity (Wildman–Crippen MR) is 96.9 cm³/mol. The quantitative estimate of drug-likeness (QED) is 0.694. The predicted octanol–water partition coefficient (Wildman–Crippen LogP) is 2.13. The Bertz CT molecular complexity index is 692. The van der Waals surface area contributed by atoms with Crippen LogP contribution < -0.4 is 4.74 Å². The van der Waals surface area contributed by atoms with Crippen LogP contribution in [-0.4, -0.2) is 56.8 Å². The lowest BCUT2D eigenvalue weighted by Gasteiger charge is -2.32. The van der Waals surface area contributed by atoms with E-state index in [4.69, 9.17) is 4.74 Å². The molecule has 0 radical (unpaired) electrons. The molecular formula is C18H26N2O4S. The minimum absolute atomic E-state index is 0.0876. The molecule has 25 heavy (non-hydrogen) atoms. The van der Waals surface area contributed by atoms with Gasteiger partial charge < -0.3 is 9.64 Å². The van der Waals surface area contributed by atoms with Crippen LogP contribution in [0.2, 0.25) is 0 Å². The molecule has 1 heterocycles. The van der Waals surface area contributed by atoms with Crippen molar-refractivity contribution in [2.75, 3.05) is 33.3 Å². The highest BCUT2D eigenvalue weighted by Gasteiger charge is 2.28. The fraction of sp³-hybridized carbons (Fsp3) is 0.500. The Balaban J connectivity index is 2.14. The second kappa shape index (κ2) is 8.49. The van der Waals surface area contributed by atoms with Crippen LogP contribution in [0.4, 0.5) is 0 Å². The molecule has 2 rings (SSSR count). The third-order valence-corrected chi connectivity index (χ3v) is 6.30. The molecule has 1 aromatic rings. The average Bonchev–Trinajstić information content (AvgIpc) is 2.61. The number of carbonyl (C=O) groups excluding carboxylic acids is 1. The van der Waals surface area contributed by atoms with E-state index < -0.39 is 10.0 Å². The van der Waals surface area contributed by atoms with E-state index in [9.17, 15) is 13.2 Å². The molecule has 0 aromatic heterocycles. The molecule has 1 aliphatic rings. The lowest BCUT2D eigenvalue weighted by Crippen LogP contribution is -2.45. The summed E-state index contributed by atoms with van der Waals surface area (Å²) in [5, 5.41) is 0. The van der Waals surface area contributed by atoms with Gasteiger partial charge in [-0.3, -0.25) is 4.79 Å². The van der Waals surface area contributed by atoms with Gasteiger partial charge in [-0.2, -0.15) is 4.31 Å². The van der Waals surface area contributed by atoms with Crippen LogP contribution in [0.15, 0.2) is 41.8 Å². The maximum atomic E-state index is 12.9. The van der Waals surface area contributed by atoms with E-state index in [-0.39, 0.29) is 23.9 Å². The van der Waals surface area contributed by atoms with Gasteiger partial charge in [-0.1, -0.05) is 13.0 Å². The van der Waals surface area contributed by atoms with Crippen molar-refractivity contribution in [3.63, 3.8) is 0 Å². The molecule has 1 aromatic carbocycles. The number of sulfonamides is 1. The number of rotatable bonds is 7. The Morgan fingerprint density at radius 1 is 1.32 bits per heavy atom. The van der Waals surface area contributed by atoms with Crippen molar-refractivity contribution < 1.29 is 17.9 Å². The van der Waals surface area contributed by atoms with E-state index in [0.717, 1.165) is 12.8 Å². The van der Waals surface area contributed by atoms with Gasteiger partial charge in [-0.05, 0) is 43.0 Å². The summed E-state index contributed by atoms with van der Waals surface area (Å²) >= 11 is 0. The third kappa shape index (κ3) is 4.83. The molecule has 0 unspecified atom stereocenters. The number of benzene rings is 1. The molecule has 7 heteroatoms. The Hall–Kier alpha value is -1.86. The summed E-state index contributed by atoms with van der Waals surface area (Å²) in [6.07, 6.45) is 3.41. The minimum atomic E-state index is -3.77. The van der Waals surface area contributed by atoms with Crippen LogP contribution in [-0.2, 0) is 14.8 Å². The molecule has 1 saturated heterocycles. The maximum absolute atomic E-state index is 12.9. The number of piperidine rings is 1. The number of methoxy groups -OCH3 is 1. The van der Waals surface area contributed by atoms with E-state index in [1.54, 1.807) is 17.0 Å². The van der Waals surface area contributed by atoms with Crippen LogP contribution in [0, 0.1) is 5.92 Å². The lowest BCUT2D eigenvalue weighted by molar-refractivity contribution is -0.132. The molecule has 138 valence electrons. The van der Waals surface area contributed by atoms with E-state index in [2.05, 4.69) is 13.5 Å². The topological polar surface area (TPSA) is 66.9 Å². The van der Waals surface area contributed by atoms with Gasteiger partial charge in [0.2, 0.25) is 15.9 Å². The first-order valence-electron chi connectivity index (χ1n) is 8.41. The third-order valence-electron chi connectivity index (χ3n) is 4.48. The van der Waals surface area contributed by atoms with Crippen molar-refractivity contribution in [3.8, 4) is 5.75 Å². The molecule has 0 saturated carbocycles. The Kier molecular flexibility index (Phi) is 6.61. The number of hydrogen-bond acceptors (Lipinski definition) is 4. The van der Waals surface area contributed by atoms with Gasteiger partial charge in [0.1, 0.15) is 5.75 Å². The highest BCUT2D eigenvalue weighted by Crippen LogP contribution is 2.21. The first-order chi connectivity index (χ1) is 11.9. The zero-order valence-electron chi connectivity index (χ0n) is 14.8. The summed E-state index contributed by atoms with van der Waals surface area (Å²) in [5.74, 6) is 1.02. The number of nitrogens with zero attached hydrogens (tertiary/aromatic N) is 2. The van der Waals surface area contributed by atoms with Crippen LogP contribution in [0.1, 0.15) is 19.8 Å². The number of likely N-dealkylation sites (tertiary alicyclic amines) is 1. The zero-order valence-corrected chi connectivity index (χ0v) is 15.7. The number of amides is 1. The molecule has 0 N–H and O–H groups in total. The van der Waals surface area contributed by atoms with Gasteiger partial charge in [-0.15, -0.1) is 6.58 Å². The van der Waals surface area contributed by atoms with Crippen molar-refractivity contribution in [2.45, 2.75) is 24.7 Å². The average molecular weight is 366 g/mol. The molecule has 1 aliphatic heterocycles. The zero-order chi connectivity index (χ0) is 18.4. The van der Waals surface area contributed by atoms with E-state index in [1.165, 1.54) is 29.6 Å². The first kappa shape index (κ1) is 19.5. The summed E-state index contributed by atoms with van der Waals surface area (Å²) < 4.78 is 31.9. The number of hydrogen-bond donors (Lipinski definition) is 0.